The smallest absolute Gasteiger partial charge is 0.0271 e. The Hall–Kier alpha value is -6.24. The molecule has 0 amide bonds. The second kappa shape index (κ2) is 18.7. The number of benzene rings is 8. The van der Waals surface area contributed by atoms with Crippen LogP contribution in [0, 0.1) is 94.7 Å². The van der Waals surface area contributed by atoms with Crippen LogP contribution < -0.4 is 0 Å². The summed E-state index contributed by atoms with van der Waals surface area (Å²) in [6.07, 6.45) is 29.8. The summed E-state index contributed by atoms with van der Waals surface area (Å²) >= 11 is 0. The van der Waals surface area contributed by atoms with Gasteiger partial charge in [-0.3, -0.25) is 0 Å². The third-order valence-electron chi connectivity index (χ3n) is 29.8. The fourth-order valence-corrected chi connectivity index (χ4v) is 28.4. The van der Waals surface area contributed by atoms with Gasteiger partial charge in [-0.05, 0) is 312 Å². The second-order valence-electron chi connectivity index (χ2n) is 33.1. The summed E-state index contributed by atoms with van der Waals surface area (Å²) in [6.45, 7) is 0. The fraction of sp³-hybridized carbons (Fsp3) is 0.455. The van der Waals surface area contributed by atoms with Crippen molar-refractivity contribution in [1.82, 2.24) is 0 Å². The molecule has 20 aliphatic rings. The number of rotatable bonds is 0. The van der Waals surface area contributed by atoms with Gasteiger partial charge in [0.2, 0.25) is 0 Å². The fourth-order valence-electron chi connectivity index (χ4n) is 28.4. The molecule has 0 radical (unpaired) electrons. The van der Waals surface area contributed by atoms with E-state index < -0.39 is 0 Å². The van der Waals surface area contributed by atoms with Crippen molar-refractivity contribution in [1.29, 1.82) is 0 Å². The highest BCUT2D eigenvalue weighted by Crippen LogP contribution is 2.74. The van der Waals surface area contributed by atoms with Crippen molar-refractivity contribution < 1.29 is 0 Å². The maximum atomic E-state index is 2.46. The highest BCUT2D eigenvalue weighted by atomic mass is 14.7. The molecule has 8 aromatic rings. The van der Waals surface area contributed by atoms with Gasteiger partial charge in [-0.2, -0.15) is 0 Å². The molecule has 0 aromatic heterocycles. The lowest BCUT2D eigenvalue weighted by Crippen LogP contribution is -2.55. The van der Waals surface area contributed by atoms with Crippen molar-refractivity contribution in [2.75, 3.05) is 0 Å². The van der Waals surface area contributed by atoms with E-state index in [0.29, 0.717) is 21.7 Å². The highest BCUT2D eigenvalue weighted by Gasteiger charge is 2.66. The van der Waals surface area contributed by atoms with Crippen LogP contribution in [0.4, 0.5) is 0 Å². The molecule has 28 rings (SSSR count). The van der Waals surface area contributed by atoms with Crippen LogP contribution in [-0.2, 0) is 21.7 Å². The van der Waals surface area contributed by atoms with Crippen LogP contribution in [0.1, 0.15) is 173 Å². The van der Waals surface area contributed by atoms with E-state index >= 15 is 0 Å². The molecular weight excluding hydrogens is 1060 g/mol. The Bertz CT molecular complexity index is 3310. The molecule has 16 fully saturated rings. The summed E-state index contributed by atoms with van der Waals surface area (Å²) in [5, 5.41) is 0. The van der Waals surface area contributed by atoms with Crippen molar-refractivity contribution in [3.8, 4) is 44.5 Å². The molecule has 88 heavy (non-hydrogen) atoms. The van der Waals surface area contributed by atoms with Gasteiger partial charge in [0.25, 0.3) is 0 Å². The van der Waals surface area contributed by atoms with Crippen LogP contribution >= 0.6 is 0 Å². The Morgan fingerprint density at radius 2 is 0.261 bits per heavy atom. The van der Waals surface area contributed by atoms with Gasteiger partial charge in [0.1, 0.15) is 0 Å². The van der Waals surface area contributed by atoms with Crippen molar-refractivity contribution in [3.05, 3.63) is 239 Å². The Morgan fingerprint density at radius 1 is 0.148 bits per heavy atom. The van der Waals surface area contributed by atoms with Gasteiger partial charge in [-0.15, -0.1) is 0 Å². The zero-order valence-electron chi connectivity index (χ0n) is 51.9. The quantitative estimate of drug-likeness (QED) is 0.142. The van der Waals surface area contributed by atoms with Crippen molar-refractivity contribution >= 4 is 0 Å². The first-order valence-corrected chi connectivity index (χ1v) is 36.3. The molecule has 0 heteroatoms. The van der Waals surface area contributed by atoms with Gasteiger partial charge in [-0.1, -0.05) is 194 Å². The second-order valence-corrected chi connectivity index (χ2v) is 33.1. The molecule has 20 aliphatic carbocycles. The zero-order valence-corrected chi connectivity index (χ0v) is 51.9. The summed E-state index contributed by atoms with van der Waals surface area (Å²) < 4.78 is 0. The van der Waals surface area contributed by atoms with Crippen LogP contribution in [0.3, 0.4) is 0 Å². The van der Waals surface area contributed by atoms with Gasteiger partial charge in [0, 0.05) is 21.7 Å². The standard InChI is InChI=1S/4C22H22/c4*1-3-7-20-18(5-1)19-6-2-4-8-21(19)22(20)16-10-14-9-15(12-16)13-17(22)11-14/h4*1-8,14-17H,9-13H2. The Labute approximate surface area is 524 Å². The first-order valence-electron chi connectivity index (χ1n) is 36.3. The summed E-state index contributed by atoms with van der Waals surface area (Å²) in [6, 6.07) is 74.6. The normalized spacial score (nSPS) is 35.6. The maximum absolute atomic E-state index is 2.46. The van der Waals surface area contributed by atoms with Crippen LogP contribution in [-0.4, -0.2) is 0 Å². The molecule has 16 saturated carbocycles. The minimum atomic E-state index is 0.362. The lowest BCUT2D eigenvalue weighted by atomic mass is 9.43. The van der Waals surface area contributed by atoms with Crippen molar-refractivity contribution in [3.63, 3.8) is 0 Å². The number of hydrogen-bond acceptors (Lipinski definition) is 0. The van der Waals surface area contributed by atoms with E-state index in [0.717, 1.165) is 94.7 Å². The summed E-state index contributed by atoms with van der Waals surface area (Å²) in [5.74, 6) is 15.5. The molecule has 0 N–H and O–H groups in total. The van der Waals surface area contributed by atoms with Gasteiger partial charge < -0.3 is 0 Å². The van der Waals surface area contributed by atoms with Crippen LogP contribution in [0.15, 0.2) is 194 Å². The molecular formula is C88H88. The number of fused-ring (bicyclic) bond motifs is 12. The topological polar surface area (TPSA) is 0 Å². The molecule has 0 heterocycles. The average Bonchev–Trinajstić information content (AvgIpc) is 1.60. The van der Waals surface area contributed by atoms with E-state index in [1.165, 1.54) is 173 Å². The molecule has 0 atom stereocenters. The van der Waals surface area contributed by atoms with E-state index in [2.05, 4.69) is 194 Å². The van der Waals surface area contributed by atoms with Gasteiger partial charge in [0.05, 0.1) is 0 Å². The minimum Gasteiger partial charge on any atom is -0.0619 e. The molecule has 4 spiro atoms. The molecule has 0 saturated heterocycles. The van der Waals surface area contributed by atoms with E-state index in [-0.39, 0.29) is 0 Å². The predicted molar refractivity (Wildman–Crippen MR) is 359 cm³/mol. The Kier molecular flexibility index (Phi) is 10.9. The number of hydrogen-bond donors (Lipinski definition) is 0. The molecule has 0 unspecified atom stereocenters. The first-order chi connectivity index (χ1) is 43.5. The third kappa shape index (κ3) is 6.60. The van der Waals surface area contributed by atoms with E-state index in [9.17, 15) is 0 Å². The maximum Gasteiger partial charge on any atom is 0.0271 e. The van der Waals surface area contributed by atoms with Crippen molar-refractivity contribution in [2.45, 2.75) is 150 Å². The van der Waals surface area contributed by atoms with Gasteiger partial charge in [-0.25, -0.2) is 0 Å². The van der Waals surface area contributed by atoms with E-state index in [4.69, 9.17) is 0 Å². The monoisotopic (exact) mass is 1140 g/mol. The molecule has 8 aromatic carbocycles. The Balaban J connectivity index is 0.0000000803. The summed E-state index contributed by atoms with van der Waals surface area (Å²) in [4.78, 5) is 0. The Morgan fingerprint density at radius 3 is 0.386 bits per heavy atom. The molecule has 0 aliphatic heterocycles. The SMILES string of the molecule is c1ccc2c(c1)-c1ccccc1C21C2CC3CC(C2)CC1C3.c1ccc2c(c1)-c1ccccc1C21C2CC3CC(C2)CC1C3.c1ccc2c(c1)-c1ccccc1C21C2CC3CC(C2)CC1C3.c1ccc2c(c1)-c1ccccc1C21C2CC3CC(C2)CC1C3. The van der Waals surface area contributed by atoms with Crippen LogP contribution in [0.5, 0.6) is 0 Å². The molecule has 440 valence electrons. The highest BCUT2D eigenvalue weighted by molar-refractivity contribution is 5.85. The summed E-state index contributed by atoms with van der Waals surface area (Å²) in [5.41, 5.74) is 27.1. The van der Waals surface area contributed by atoms with Crippen LogP contribution in [0.25, 0.3) is 44.5 Å². The lowest BCUT2D eigenvalue weighted by molar-refractivity contribution is -0.0399. The third-order valence-corrected chi connectivity index (χ3v) is 29.8. The molecule has 16 bridgehead atoms. The van der Waals surface area contributed by atoms with Gasteiger partial charge in [0.15, 0.2) is 0 Å². The largest absolute Gasteiger partial charge is 0.0619 e. The zero-order chi connectivity index (χ0) is 57.2. The first kappa shape index (κ1) is 51.5. The van der Waals surface area contributed by atoms with E-state index in [1.807, 2.05) is 0 Å². The molecule has 0 nitrogen and oxygen atoms in total. The van der Waals surface area contributed by atoms with E-state index in [1.54, 1.807) is 44.5 Å². The minimum absolute atomic E-state index is 0.362. The lowest BCUT2D eigenvalue weighted by Gasteiger charge is -2.61. The summed E-state index contributed by atoms with van der Waals surface area (Å²) in [7, 11) is 0. The van der Waals surface area contributed by atoms with Gasteiger partial charge >= 0.3 is 0 Å². The van der Waals surface area contributed by atoms with Crippen molar-refractivity contribution in [2.24, 2.45) is 94.7 Å². The average molecular weight is 1150 g/mol. The van der Waals surface area contributed by atoms with Crippen LogP contribution in [0.2, 0.25) is 0 Å². The predicted octanol–water partition coefficient (Wildman–Crippen LogP) is 21.6.